The van der Waals surface area contributed by atoms with E-state index in [1.807, 2.05) is 33.0 Å². The Bertz CT molecular complexity index is 1220. The number of pyridine rings is 2. The van der Waals surface area contributed by atoms with Crippen LogP contribution in [0.5, 0.6) is 0 Å². The number of amides is 2. The minimum Gasteiger partial charge on any atom is -0.419 e. The van der Waals surface area contributed by atoms with Crippen LogP contribution in [0.3, 0.4) is 0 Å². The van der Waals surface area contributed by atoms with E-state index in [1.54, 1.807) is 11.0 Å². The first kappa shape index (κ1) is 20.3. The highest BCUT2D eigenvalue weighted by Gasteiger charge is 2.44. The fraction of sp³-hybridized carbons (Fsp3) is 0.364. The molecule has 2 aliphatic heterocycles. The summed E-state index contributed by atoms with van der Waals surface area (Å²) >= 11 is 0. The van der Waals surface area contributed by atoms with E-state index in [-0.39, 0.29) is 5.69 Å². The standard InChI is InChI=1S/C22H23N7O3/c1-13-12-14(2)25-19-15(13)4-5-16(26-19)29-20(30)17-18(24-7-6-23-17)21(29)32-22(31)28-10-8-27(3)9-11-28/h4-7,12,21H,8-11H2,1-3H3. The number of rotatable bonds is 2. The first-order valence-corrected chi connectivity index (χ1v) is 10.5. The number of anilines is 1. The van der Waals surface area contributed by atoms with Crippen LogP contribution in [-0.2, 0) is 4.74 Å². The van der Waals surface area contributed by atoms with Crippen molar-refractivity contribution in [2.75, 3.05) is 38.1 Å². The zero-order valence-electron chi connectivity index (χ0n) is 18.1. The van der Waals surface area contributed by atoms with Gasteiger partial charge in [0.05, 0.1) is 0 Å². The average Bonchev–Trinajstić information content (AvgIpc) is 3.05. The molecule has 5 heterocycles. The number of ether oxygens (including phenoxy) is 1. The molecule has 3 aromatic heterocycles. The van der Waals surface area contributed by atoms with Crippen molar-refractivity contribution in [2.45, 2.75) is 20.1 Å². The Morgan fingerprint density at radius 1 is 1.06 bits per heavy atom. The molecule has 0 spiro atoms. The summed E-state index contributed by atoms with van der Waals surface area (Å²) in [4.78, 5) is 48.9. The Morgan fingerprint density at radius 3 is 2.59 bits per heavy atom. The number of carbonyl (C=O) groups is 2. The molecule has 2 aliphatic rings. The van der Waals surface area contributed by atoms with E-state index in [0.29, 0.717) is 30.2 Å². The summed E-state index contributed by atoms with van der Waals surface area (Å²) in [7, 11) is 2.01. The molecular weight excluding hydrogens is 410 g/mol. The van der Waals surface area contributed by atoms with Gasteiger partial charge in [0.2, 0.25) is 6.23 Å². The largest absolute Gasteiger partial charge is 0.419 e. The van der Waals surface area contributed by atoms with Gasteiger partial charge in [-0.05, 0) is 44.7 Å². The number of nitrogens with zero attached hydrogens (tertiary/aromatic N) is 7. The molecule has 3 aromatic rings. The van der Waals surface area contributed by atoms with Gasteiger partial charge < -0.3 is 14.5 Å². The van der Waals surface area contributed by atoms with Crippen molar-refractivity contribution >= 4 is 28.9 Å². The molecule has 0 N–H and O–H groups in total. The van der Waals surface area contributed by atoms with Crippen molar-refractivity contribution in [2.24, 2.45) is 0 Å². The van der Waals surface area contributed by atoms with Crippen LogP contribution in [0.25, 0.3) is 11.0 Å². The first-order valence-electron chi connectivity index (χ1n) is 10.5. The van der Waals surface area contributed by atoms with Crippen LogP contribution < -0.4 is 4.90 Å². The smallest absolute Gasteiger partial charge is 0.412 e. The van der Waals surface area contributed by atoms with Crippen LogP contribution in [0.15, 0.2) is 30.6 Å². The minimum absolute atomic E-state index is 0.152. The Kier molecular flexibility index (Phi) is 4.93. The molecular formula is C22H23N7O3. The molecule has 1 unspecified atom stereocenters. The molecule has 0 bridgehead atoms. The van der Waals surface area contributed by atoms with Gasteiger partial charge >= 0.3 is 6.09 Å². The maximum atomic E-state index is 13.2. The Balaban J connectivity index is 1.52. The van der Waals surface area contributed by atoms with Crippen LogP contribution in [0.1, 0.15) is 33.7 Å². The summed E-state index contributed by atoms with van der Waals surface area (Å²) in [6.45, 7) is 6.51. The molecule has 10 nitrogen and oxygen atoms in total. The molecule has 2 amide bonds. The third-order valence-corrected chi connectivity index (χ3v) is 5.83. The highest BCUT2D eigenvalue weighted by Crippen LogP contribution is 2.36. The molecule has 1 saturated heterocycles. The molecule has 32 heavy (non-hydrogen) atoms. The fourth-order valence-electron chi connectivity index (χ4n) is 4.08. The SMILES string of the molecule is Cc1cc(C)c2ccc(N3C(=O)c4nccnc4C3OC(=O)N3CCN(C)CC3)nc2n1. The predicted octanol–water partition coefficient (Wildman–Crippen LogP) is 2.08. The van der Waals surface area contributed by atoms with Gasteiger partial charge in [-0.1, -0.05) is 0 Å². The number of aromatic nitrogens is 4. The molecule has 1 atom stereocenters. The van der Waals surface area contributed by atoms with Gasteiger partial charge in [0.1, 0.15) is 11.5 Å². The number of carbonyl (C=O) groups excluding carboxylic acids is 2. The van der Waals surface area contributed by atoms with E-state index in [9.17, 15) is 9.59 Å². The van der Waals surface area contributed by atoms with Crippen LogP contribution in [0.4, 0.5) is 10.6 Å². The van der Waals surface area contributed by atoms with E-state index < -0.39 is 18.2 Å². The van der Waals surface area contributed by atoms with Crippen LogP contribution in [0.2, 0.25) is 0 Å². The summed E-state index contributed by atoms with van der Waals surface area (Å²) in [5.74, 6) is -0.0866. The normalized spacial score (nSPS) is 18.8. The maximum Gasteiger partial charge on any atom is 0.412 e. The lowest BCUT2D eigenvalue weighted by Gasteiger charge is -2.33. The quantitative estimate of drug-likeness (QED) is 0.605. The molecule has 0 radical (unpaired) electrons. The summed E-state index contributed by atoms with van der Waals surface area (Å²) in [5.41, 5.74) is 2.85. The lowest BCUT2D eigenvalue weighted by atomic mass is 10.1. The number of aryl methyl sites for hydroxylation is 2. The number of hydrogen-bond acceptors (Lipinski definition) is 8. The summed E-state index contributed by atoms with van der Waals surface area (Å²) in [6.07, 6.45) is 1.38. The Hall–Kier alpha value is -3.66. The zero-order chi connectivity index (χ0) is 22.4. The minimum atomic E-state index is -1.05. The second-order valence-electron chi connectivity index (χ2n) is 8.11. The second kappa shape index (κ2) is 7.79. The van der Waals surface area contributed by atoms with Crippen LogP contribution in [-0.4, -0.2) is 75.0 Å². The van der Waals surface area contributed by atoms with E-state index in [2.05, 4.69) is 24.8 Å². The second-order valence-corrected chi connectivity index (χ2v) is 8.11. The van der Waals surface area contributed by atoms with E-state index in [0.717, 1.165) is 29.7 Å². The first-order chi connectivity index (χ1) is 15.4. The van der Waals surface area contributed by atoms with Crippen molar-refractivity contribution < 1.29 is 14.3 Å². The van der Waals surface area contributed by atoms with Gasteiger partial charge in [-0.3, -0.25) is 9.78 Å². The van der Waals surface area contributed by atoms with Gasteiger partial charge in [-0.25, -0.2) is 24.6 Å². The highest BCUT2D eigenvalue weighted by atomic mass is 16.6. The molecule has 5 rings (SSSR count). The topological polar surface area (TPSA) is 105 Å². The van der Waals surface area contributed by atoms with Crippen molar-refractivity contribution in [1.29, 1.82) is 0 Å². The number of hydrogen-bond donors (Lipinski definition) is 0. The van der Waals surface area contributed by atoms with Gasteiger partial charge in [0.25, 0.3) is 5.91 Å². The molecule has 164 valence electrons. The third-order valence-electron chi connectivity index (χ3n) is 5.83. The number of fused-ring (bicyclic) bond motifs is 2. The lowest BCUT2D eigenvalue weighted by Crippen LogP contribution is -2.48. The lowest BCUT2D eigenvalue weighted by molar-refractivity contribution is 0.0477. The highest BCUT2D eigenvalue weighted by molar-refractivity contribution is 6.09. The summed E-state index contributed by atoms with van der Waals surface area (Å²) in [5, 5.41) is 0.894. The summed E-state index contributed by atoms with van der Waals surface area (Å²) < 4.78 is 5.82. The average molecular weight is 433 g/mol. The zero-order valence-corrected chi connectivity index (χ0v) is 18.1. The van der Waals surface area contributed by atoms with Crippen LogP contribution in [0, 0.1) is 13.8 Å². The Morgan fingerprint density at radius 2 is 1.81 bits per heavy atom. The van der Waals surface area contributed by atoms with Crippen molar-refractivity contribution in [3.05, 3.63) is 53.2 Å². The third kappa shape index (κ3) is 3.42. The monoisotopic (exact) mass is 433 g/mol. The van der Waals surface area contributed by atoms with Crippen molar-refractivity contribution in [3.63, 3.8) is 0 Å². The van der Waals surface area contributed by atoms with Crippen molar-refractivity contribution in [3.8, 4) is 0 Å². The van der Waals surface area contributed by atoms with Gasteiger partial charge in [0, 0.05) is 49.7 Å². The maximum absolute atomic E-state index is 13.2. The molecule has 0 saturated carbocycles. The Labute approximate surface area is 184 Å². The molecule has 1 fully saturated rings. The van der Waals surface area contributed by atoms with Crippen LogP contribution >= 0.6 is 0 Å². The predicted molar refractivity (Wildman–Crippen MR) is 116 cm³/mol. The molecule has 0 aromatic carbocycles. The number of likely N-dealkylation sites (N-methyl/N-ethyl adjacent to an activating group) is 1. The van der Waals surface area contributed by atoms with E-state index in [1.165, 1.54) is 17.3 Å². The summed E-state index contributed by atoms with van der Waals surface area (Å²) in [6, 6.07) is 5.58. The fourth-order valence-corrected chi connectivity index (χ4v) is 4.08. The van der Waals surface area contributed by atoms with E-state index >= 15 is 0 Å². The van der Waals surface area contributed by atoms with Gasteiger partial charge in [-0.15, -0.1) is 0 Å². The van der Waals surface area contributed by atoms with Gasteiger partial charge in [0.15, 0.2) is 11.3 Å². The molecule has 10 heteroatoms. The number of piperazine rings is 1. The molecule has 0 aliphatic carbocycles. The van der Waals surface area contributed by atoms with Gasteiger partial charge in [-0.2, -0.15) is 0 Å². The van der Waals surface area contributed by atoms with Crippen molar-refractivity contribution in [1.82, 2.24) is 29.7 Å². The van der Waals surface area contributed by atoms with E-state index in [4.69, 9.17) is 4.74 Å².